The predicted molar refractivity (Wildman–Crippen MR) is 310 cm³/mol. The van der Waals surface area contributed by atoms with Gasteiger partial charge in [0.25, 0.3) is 0 Å². The predicted octanol–water partition coefficient (Wildman–Crippen LogP) is 12.5. The Morgan fingerprint density at radius 1 is 0.671 bits per heavy atom. The van der Waals surface area contributed by atoms with E-state index in [9.17, 15) is 34.8 Å². The van der Waals surface area contributed by atoms with Crippen LogP contribution in [-0.4, -0.2) is 60.1 Å². The molecule has 0 unspecified atom stereocenters. The van der Waals surface area contributed by atoms with Crippen molar-refractivity contribution in [3.8, 4) is 40.0 Å². The molecule has 0 aliphatic carbocycles. The van der Waals surface area contributed by atoms with Crippen molar-refractivity contribution >= 4 is 73.2 Å². The zero-order chi connectivity index (χ0) is 56.1. The van der Waals surface area contributed by atoms with Gasteiger partial charge in [0.1, 0.15) is 18.4 Å². The molecule has 0 bridgehead atoms. The molecular weight excluding hydrogens is 995 g/mol. The highest BCUT2D eigenvalue weighted by atomic mass is 16.5. The van der Waals surface area contributed by atoms with Crippen LogP contribution in [-0.2, 0) is 13.5 Å². The van der Waals surface area contributed by atoms with Crippen LogP contribution in [0.15, 0.2) is 185 Å². The number of para-hydroxylation sites is 2. The van der Waals surface area contributed by atoms with Gasteiger partial charge in [0.15, 0.2) is 17.1 Å². The highest BCUT2D eigenvalue weighted by Crippen LogP contribution is 2.39. The lowest BCUT2D eigenvalue weighted by Gasteiger charge is -2.21. The molecule has 0 aliphatic heterocycles. The maximum Gasteiger partial charge on any atom is 0.339 e. The number of anilines is 1. The minimum atomic E-state index is -1.34. The number of phenols is 1. The number of ether oxygens (including phenoxy) is 2. The Morgan fingerprint density at radius 2 is 1.28 bits per heavy atom. The molecule has 3 heterocycles. The van der Waals surface area contributed by atoms with Crippen molar-refractivity contribution in [3.05, 3.63) is 231 Å². The van der Waals surface area contributed by atoms with E-state index in [4.69, 9.17) is 13.9 Å². The maximum absolute atomic E-state index is 12.9. The molecule has 13 heteroatoms. The summed E-state index contributed by atoms with van der Waals surface area (Å²) in [6.07, 6.45) is 4.32. The number of hydrogen-bond donors (Lipinski definition) is 3. The van der Waals surface area contributed by atoms with Gasteiger partial charge in [-0.25, -0.2) is 9.59 Å². The molecule has 0 spiro atoms. The molecule has 0 fully saturated rings. The minimum absolute atomic E-state index is 0.103. The fraction of sp³-hybridized carbons (Fsp3) is 0.121. The van der Waals surface area contributed by atoms with Crippen LogP contribution in [0, 0.1) is 13.8 Å². The van der Waals surface area contributed by atoms with Crippen molar-refractivity contribution in [1.29, 1.82) is 0 Å². The van der Waals surface area contributed by atoms with E-state index in [0.29, 0.717) is 44.0 Å². The Balaban J connectivity index is 0.000000146. The number of aryl methyl sites for hydroxylation is 2. The monoisotopic (exact) mass is 1050 g/mol. The van der Waals surface area contributed by atoms with Crippen LogP contribution >= 0.6 is 0 Å². The number of benzene rings is 8. The number of carboxylic acids is 2. The van der Waals surface area contributed by atoms with E-state index < -0.39 is 23.4 Å². The highest BCUT2D eigenvalue weighted by molar-refractivity contribution is 6.02. The summed E-state index contributed by atoms with van der Waals surface area (Å²) in [5.74, 6) is -2.59. The third-order valence-corrected chi connectivity index (χ3v) is 14.0. The van der Waals surface area contributed by atoms with Crippen LogP contribution in [0.5, 0.6) is 23.0 Å². The van der Waals surface area contributed by atoms with Gasteiger partial charge in [-0.05, 0) is 113 Å². The first kappa shape index (κ1) is 53.7. The number of aromatic hydroxyl groups is 1. The van der Waals surface area contributed by atoms with Gasteiger partial charge < -0.3 is 43.8 Å². The molecule has 13 nitrogen and oxygen atoms in total. The molecule has 8 aromatic carbocycles. The van der Waals surface area contributed by atoms with Crippen LogP contribution in [0.3, 0.4) is 0 Å². The number of fused-ring (bicyclic) bond motifs is 4. The molecular formula is C66H57N3O10. The average molecular weight is 1050 g/mol. The van der Waals surface area contributed by atoms with Gasteiger partial charge in [-0.1, -0.05) is 109 Å². The fourth-order valence-corrected chi connectivity index (χ4v) is 9.93. The van der Waals surface area contributed by atoms with Gasteiger partial charge in [-0.2, -0.15) is 4.57 Å². The van der Waals surface area contributed by atoms with E-state index in [0.717, 1.165) is 5.56 Å². The van der Waals surface area contributed by atoms with Gasteiger partial charge in [0.05, 0.1) is 25.2 Å². The van der Waals surface area contributed by atoms with E-state index in [1.807, 2.05) is 30.3 Å². The number of carbonyl (C=O) groups is 2. The van der Waals surface area contributed by atoms with Crippen molar-refractivity contribution < 1.29 is 48.5 Å². The first-order valence-corrected chi connectivity index (χ1v) is 25.3. The standard InChI is InChI=1S/C26H28N3.C23H16O6.C17H14O4/c1-19-17-21(20(2)29(19)24-9-7-6-8-10-24)11-13-23-14-12-22-18-25(27(3)4)15-16-26(22)28(23)5;24-20-16(14-7-3-1-5-12(14)9-18(20)22(26)27)11-17-15-8-4-2-6-13(15)10-19(21(17)25)23(28)29;1-19-13-10-6-9-12-14(18)17(20-2)15(21-16(12)13)11-7-4-3-5-8-11/h6-18H,1-5H3;1-10,24-25H,11H2,(H,26,27)(H,28,29);3-10H,1-2H3/q+1;;/p-1. The Hall–Kier alpha value is -10.1. The fourth-order valence-electron chi connectivity index (χ4n) is 9.93. The summed E-state index contributed by atoms with van der Waals surface area (Å²) in [6, 6.07) is 54.9. The quantitative estimate of drug-likeness (QED) is 0.105. The summed E-state index contributed by atoms with van der Waals surface area (Å²) >= 11 is 0. The van der Waals surface area contributed by atoms with Crippen LogP contribution in [0.25, 0.3) is 72.6 Å². The number of methoxy groups -OCH3 is 2. The van der Waals surface area contributed by atoms with E-state index in [1.165, 1.54) is 64.2 Å². The molecule has 0 atom stereocenters. The number of aromatic carboxylic acids is 2. The van der Waals surface area contributed by atoms with E-state index in [-0.39, 0.29) is 39.9 Å². The molecule has 0 saturated carbocycles. The lowest BCUT2D eigenvalue weighted by molar-refractivity contribution is -0.646. The van der Waals surface area contributed by atoms with Crippen LogP contribution in [0.1, 0.15) is 54.5 Å². The summed E-state index contributed by atoms with van der Waals surface area (Å²) in [4.78, 5) is 37.9. The van der Waals surface area contributed by atoms with E-state index in [2.05, 4.69) is 128 Å². The second-order valence-electron chi connectivity index (χ2n) is 19.0. The molecule has 0 radical (unpaired) electrons. The van der Waals surface area contributed by atoms with E-state index in [1.54, 1.807) is 73.8 Å². The summed E-state index contributed by atoms with van der Waals surface area (Å²) in [7, 11) is 9.28. The van der Waals surface area contributed by atoms with Crippen LogP contribution in [0.4, 0.5) is 5.69 Å². The topological polar surface area (TPSA) is 179 Å². The van der Waals surface area contributed by atoms with Gasteiger partial charge in [0.2, 0.25) is 22.4 Å². The lowest BCUT2D eigenvalue weighted by Crippen LogP contribution is -2.32. The molecule has 0 amide bonds. The summed E-state index contributed by atoms with van der Waals surface area (Å²) in [6.45, 7) is 4.35. The van der Waals surface area contributed by atoms with Crippen LogP contribution < -0.4 is 29.5 Å². The lowest BCUT2D eigenvalue weighted by atomic mass is 9.90. The molecule has 396 valence electrons. The molecule has 0 saturated heterocycles. The number of aromatic nitrogens is 2. The van der Waals surface area contributed by atoms with Gasteiger partial charge >= 0.3 is 11.9 Å². The normalized spacial score (nSPS) is 11.1. The zero-order valence-corrected chi connectivity index (χ0v) is 44.6. The number of carboxylic acid groups (broad SMARTS) is 2. The first-order valence-electron chi connectivity index (χ1n) is 25.3. The number of hydrogen-bond acceptors (Lipinski definition) is 9. The molecule has 0 aliphatic rings. The summed E-state index contributed by atoms with van der Waals surface area (Å²) < 4.78 is 21.0. The Kier molecular flexibility index (Phi) is 15.6. The molecule has 79 heavy (non-hydrogen) atoms. The summed E-state index contributed by atoms with van der Waals surface area (Å²) in [5.41, 5.74) is 9.39. The smallest absolute Gasteiger partial charge is 0.339 e. The highest BCUT2D eigenvalue weighted by Gasteiger charge is 2.22. The third-order valence-electron chi connectivity index (χ3n) is 14.0. The van der Waals surface area contributed by atoms with Gasteiger partial charge in [-0.3, -0.25) is 4.79 Å². The second kappa shape index (κ2) is 23.0. The largest absolute Gasteiger partial charge is 0.872 e. The Bertz CT molecular complexity index is 4100. The maximum atomic E-state index is 12.9. The summed E-state index contributed by atoms with van der Waals surface area (Å²) in [5, 5.41) is 46.5. The number of nitrogens with zero attached hydrogens (tertiary/aromatic N) is 3. The van der Waals surface area contributed by atoms with Crippen LogP contribution in [0.2, 0.25) is 0 Å². The zero-order valence-electron chi connectivity index (χ0n) is 44.6. The van der Waals surface area contributed by atoms with Crippen molar-refractivity contribution in [2.75, 3.05) is 33.2 Å². The van der Waals surface area contributed by atoms with Gasteiger partial charge in [-0.15, -0.1) is 0 Å². The van der Waals surface area contributed by atoms with E-state index >= 15 is 0 Å². The van der Waals surface area contributed by atoms with Gasteiger partial charge in [0, 0.05) is 78.0 Å². The molecule has 3 aromatic heterocycles. The van der Waals surface area contributed by atoms with Crippen molar-refractivity contribution in [2.45, 2.75) is 20.3 Å². The minimum Gasteiger partial charge on any atom is -0.872 e. The average Bonchev–Trinajstić information content (AvgIpc) is 3.75. The Morgan fingerprint density at radius 3 is 1.91 bits per heavy atom. The molecule has 11 rings (SSSR count). The molecule has 3 N–H and O–H groups in total. The van der Waals surface area contributed by atoms with Crippen molar-refractivity contribution in [3.63, 3.8) is 0 Å². The Labute approximate surface area is 456 Å². The SMILES string of the molecule is COc1c(-c2ccccc2)oc2c(OC)cccc2c1=O.Cc1cc(C=Cc2ccc3cc(N(C)C)ccc3[n+]2C)c(C)n1-c1ccccc1.O=C(O)c1cc2ccccc2c(Cc2c(O)c(C(=O)O)cc3ccccc23)c1[O-]. The second-order valence-corrected chi connectivity index (χ2v) is 19.0. The third kappa shape index (κ3) is 10.8. The van der Waals surface area contributed by atoms with Crippen molar-refractivity contribution in [2.24, 2.45) is 7.05 Å². The molecule has 11 aromatic rings. The first-order chi connectivity index (χ1) is 38.1. The number of pyridine rings is 1. The van der Waals surface area contributed by atoms with Crippen molar-refractivity contribution in [1.82, 2.24) is 4.57 Å². The number of rotatable bonds is 11.